The maximum atomic E-state index is 13.0. The molecule has 1 saturated heterocycles. The van der Waals surface area contributed by atoms with Crippen molar-refractivity contribution in [3.8, 4) is 11.3 Å². The molecule has 3 heterocycles. The van der Waals surface area contributed by atoms with E-state index in [1.54, 1.807) is 18.2 Å². The van der Waals surface area contributed by atoms with E-state index in [-0.39, 0.29) is 4.90 Å². The van der Waals surface area contributed by atoms with E-state index < -0.39 is 22.2 Å². The highest BCUT2D eigenvalue weighted by Gasteiger charge is 2.18. The number of nitrogens with zero attached hydrogens (tertiary/aromatic N) is 3. The molecule has 1 aliphatic rings. The molecule has 1 aromatic carbocycles. The molecule has 1 atom stereocenters. The van der Waals surface area contributed by atoms with Gasteiger partial charge in [0.15, 0.2) is 6.29 Å². The number of ether oxygens (including phenoxy) is 1. The molecular formula is C26H30N4O5S. The number of hydrogen-bond donors (Lipinski definition) is 1. The van der Waals surface area contributed by atoms with Gasteiger partial charge in [0.05, 0.1) is 5.69 Å². The van der Waals surface area contributed by atoms with Crippen LogP contribution in [-0.2, 0) is 30.9 Å². The number of aromatic nitrogens is 2. The van der Waals surface area contributed by atoms with Gasteiger partial charge in [-0.2, -0.15) is 0 Å². The Morgan fingerprint density at radius 1 is 1.19 bits per heavy atom. The van der Waals surface area contributed by atoms with Crippen molar-refractivity contribution in [3.63, 3.8) is 0 Å². The Bertz CT molecular complexity index is 1290. The fraction of sp³-hybridized carbons (Fsp3) is 0.308. The highest BCUT2D eigenvalue weighted by Crippen LogP contribution is 2.21. The number of nitrogens with one attached hydrogen (secondary N) is 1. The number of rotatable bonds is 9. The smallest absolute Gasteiger partial charge is 0.269 e. The molecule has 0 aliphatic carbocycles. The topological polar surface area (TPSA) is 103 Å². The van der Waals surface area contributed by atoms with E-state index in [0.29, 0.717) is 17.9 Å². The van der Waals surface area contributed by atoms with Crippen LogP contribution in [0.5, 0.6) is 0 Å². The molecule has 0 saturated carbocycles. The molecular weight excluding hydrogens is 480 g/mol. The lowest BCUT2D eigenvalue weighted by Gasteiger charge is -2.21. The molecule has 3 aromatic rings. The summed E-state index contributed by atoms with van der Waals surface area (Å²) >= 11 is 0. The summed E-state index contributed by atoms with van der Waals surface area (Å²) in [5.41, 5.74) is 5.66. The van der Waals surface area contributed by atoms with Crippen LogP contribution in [0.15, 0.2) is 72.0 Å². The quantitative estimate of drug-likeness (QED) is 0.347. The van der Waals surface area contributed by atoms with E-state index in [9.17, 15) is 13.2 Å². The average molecular weight is 511 g/mol. The van der Waals surface area contributed by atoms with E-state index in [1.165, 1.54) is 36.3 Å². The number of benzene rings is 1. The lowest BCUT2D eigenvalue weighted by atomic mass is 10.1. The first-order valence-electron chi connectivity index (χ1n) is 11.7. The van der Waals surface area contributed by atoms with Crippen LogP contribution in [0.3, 0.4) is 0 Å². The third-order valence-corrected chi connectivity index (χ3v) is 7.23. The first kappa shape index (κ1) is 25.8. The van der Waals surface area contributed by atoms with Crippen LogP contribution in [0.1, 0.15) is 30.4 Å². The minimum absolute atomic E-state index is 0.0697. The maximum Gasteiger partial charge on any atom is 0.269 e. The van der Waals surface area contributed by atoms with Crippen LogP contribution in [0.25, 0.3) is 17.3 Å². The van der Waals surface area contributed by atoms with Gasteiger partial charge in [0.2, 0.25) is 0 Å². The molecule has 0 radical (unpaired) electrons. The Labute approximate surface area is 211 Å². The summed E-state index contributed by atoms with van der Waals surface area (Å²) in [4.78, 5) is 23.7. The van der Waals surface area contributed by atoms with Gasteiger partial charge in [0, 0.05) is 49.8 Å². The molecule has 4 rings (SSSR count). The minimum atomic E-state index is -3.83. The van der Waals surface area contributed by atoms with Crippen molar-refractivity contribution < 1.29 is 22.8 Å². The Morgan fingerprint density at radius 3 is 2.67 bits per heavy atom. The molecule has 1 amide bonds. The molecule has 190 valence electrons. The van der Waals surface area contributed by atoms with Gasteiger partial charge in [-0.05, 0) is 62.3 Å². The lowest BCUT2D eigenvalue weighted by molar-refractivity contribution is -0.198. The number of pyridine rings is 1. The second-order valence-electron chi connectivity index (χ2n) is 8.81. The van der Waals surface area contributed by atoms with E-state index in [4.69, 9.17) is 9.57 Å². The molecule has 0 spiro atoms. The Balaban J connectivity index is 1.38. The van der Waals surface area contributed by atoms with Gasteiger partial charge in [-0.1, -0.05) is 24.3 Å². The molecule has 36 heavy (non-hydrogen) atoms. The monoisotopic (exact) mass is 510 g/mol. The normalized spacial score (nSPS) is 16.5. The zero-order valence-electron chi connectivity index (χ0n) is 20.3. The van der Waals surface area contributed by atoms with Crippen molar-refractivity contribution in [2.75, 3.05) is 20.7 Å². The predicted molar refractivity (Wildman–Crippen MR) is 136 cm³/mol. The summed E-state index contributed by atoms with van der Waals surface area (Å²) in [5.74, 6) is -0.464. The van der Waals surface area contributed by atoms with Gasteiger partial charge in [0.1, 0.15) is 4.90 Å². The summed E-state index contributed by atoms with van der Waals surface area (Å²) in [6.45, 7) is 1.45. The van der Waals surface area contributed by atoms with E-state index >= 15 is 0 Å². The number of amides is 1. The first-order valence-corrected chi connectivity index (χ1v) is 13.1. The van der Waals surface area contributed by atoms with Crippen LogP contribution in [0, 0.1) is 0 Å². The van der Waals surface area contributed by atoms with E-state index in [2.05, 4.69) is 15.4 Å². The highest BCUT2D eigenvalue weighted by molar-refractivity contribution is 7.90. The molecule has 0 bridgehead atoms. The molecule has 1 fully saturated rings. The van der Waals surface area contributed by atoms with Crippen LogP contribution in [0.4, 0.5) is 0 Å². The van der Waals surface area contributed by atoms with Crippen LogP contribution < -0.4 is 5.48 Å². The van der Waals surface area contributed by atoms with Crippen molar-refractivity contribution in [1.82, 2.24) is 19.3 Å². The van der Waals surface area contributed by atoms with E-state index in [1.807, 2.05) is 38.4 Å². The first-order chi connectivity index (χ1) is 17.3. The number of carbonyl (C=O) groups excluding carboxylic acids is 1. The SMILES string of the molecule is CN(C)Cc1ccc(-c2ccc(S(=O)(=O)n3ccc(C=CC(=O)NOC4CCCCO4)c3)cn2)cc1. The zero-order chi connectivity index (χ0) is 25.5. The van der Waals surface area contributed by atoms with Gasteiger partial charge < -0.3 is 9.64 Å². The van der Waals surface area contributed by atoms with Gasteiger partial charge in [-0.25, -0.2) is 22.7 Å². The molecule has 10 heteroatoms. The van der Waals surface area contributed by atoms with Gasteiger partial charge in [0.25, 0.3) is 15.9 Å². The standard InChI is InChI=1S/C26H30N4O5S/c1-29(2)18-20-6-9-22(10-7-20)24-12-11-23(17-27-24)36(32,33)30-15-14-21(19-30)8-13-25(31)28-35-26-5-3-4-16-34-26/h6-15,17,19,26H,3-5,16,18H2,1-2H3,(H,28,31). The molecule has 1 N–H and O–H groups in total. The Kier molecular flexibility index (Phi) is 8.32. The summed E-state index contributed by atoms with van der Waals surface area (Å²) in [6.07, 6.45) is 9.25. The summed E-state index contributed by atoms with van der Waals surface area (Å²) in [6, 6.07) is 12.9. The van der Waals surface area contributed by atoms with Crippen molar-refractivity contribution in [3.05, 3.63) is 78.3 Å². The maximum absolute atomic E-state index is 13.0. The third-order valence-electron chi connectivity index (χ3n) is 5.61. The second-order valence-corrected chi connectivity index (χ2v) is 10.7. The lowest BCUT2D eigenvalue weighted by Crippen LogP contribution is -2.32. The zero-order valence-corrected chi connectivity index (χ0v) is 21.1. The summed E-state index contributed by atoms with van der Waals surface area (Å²) in [7, 11) is 0.198. The minimum Gasteiger partial charge on any atom is -0.350 e. The Morgan fingerprint density at radius 2 is 2.00 bits per heavy atom. The summed E-state index contributed by atoms with van der Waals surface area (Å²) in [5, 5.41) is 0. The van der Waals surface area contributed by atoms with Crippen LogP contribution in [0.2, 0.25) is 0 Å². The van der Waals surface area contributed by atoms with Crippen molar-refractivity contribution in [1.29, 1.82) is 0 Å². The highest BCUT2D eigenvalue weighted by atomic mass is 32.2. The van der Waals surface area contributed by atoms with Crippen LogP contribution >= 0.6 is 0 Å². The van der Waals surface area contributed by atoms with Crippen molar-refractivity contribution in [2.45, 2.75) is 37.0 Å². The molecule has 1 unspecified atom stereocenters. The van der Waals surface area contributed by atoms with E-state index in [0.717, 1.165) is 35.3 Å². The largest absolute Gasteiger partial charge is 0.350 e. The third kappa shape index (κ3) is 6.67. The Hall–Kier alpha value is -3.31. The molecule has 1 aliphatic heterocycles. The van der Waals surface area contributed by atoms with Crippen molar-refractivity contribution >= 4 is 22.0 Å². The fourth-order valence-electron chi connectivity index (χ4n) is 3.75. The van der Waals surface area contributed by atoms with Gasteiger partial charge >= 0.3 is 0 Å². The number of hydrogen-bond acceptors (Lipinski definition) is 7. The van der Waals surface area contributed by atoms with Crippen molar-refractivity contribution in [2.24, 2.45) is 0 Å². The predicted octanol–water partition coefficient (Wildman–Crippen LogP) is 3.44. The average Bonchev–Trinajstić information content (AvgIpc) is 3.37. The fourth-order valence-corrected chi connectivity index (χ4v) is 4.90. The molecule has 9 nitrogen and oxygen atoms in total. The van der Waals surface area contributed by atoms with Crippen LogP contribution in [-0.4, -0.2) is 55.2 Å². The van der Waals surface area contributed by atoms with Gasteiger partial charge in [-0.15, -0.1) is 0 Å². The molecule has 2 aromatic heterocycles. The number of carbonyl (C=O) groups is 1. The summed E-state index contributed by atoms with van der Waals surface area (Å²) < 4.78 is 32.6. The van der Waals surface area contributed by atoms with Gasteiger partial charge in [-0.3, -0.25) is 9.78 Å². The number of hydroxylamine groups is 1. The second kappa shape index (κ2) is 11.6.